The number of nitrogens with zero attached hydrogens (tertiary/aromatic N) is 4. The summed E-state index contributed by atoms with van der Waals surface area (Å²) in [7, 11) is 1.92. The average molecular weight is 409 g/mol. The fourth-order valence-corrected chi connectivity index (χ4v) is 4.69. The van der Waals surface area contributed by atoms with E-state index < -0.39 is 0 Å². The summed E-state index contributed by atoms with van der Waals surface area (Å²) in [5.74, 6) is 1.50. The Morgan fingerprint density at radius 2 is 1.97 bits per heavy atom. The Morgan fingerprint density at radius 3 is 2.73 bits per heavy atom. The number of amides is 1. The van der Waals surface area contributed by atoms with Crippen LogP contribution in [-0.4, -0.2) is 51.9 Å². The first-order valence-electron chi connectivity index (χ1n) is 11.2. The minimum atomic E-state index is -0.00823. The van der Waals surface area contributed by atoms with E-state index in [4.69, 9.17) is 0 Å². The van der Waals surface area contributed by atoms with Gasteiger partial charge in [-0.15, -0.1) is 0 Å². The summed E-state index contributed by atoms with van der Waals surface area (Å²) in [4.78, 5) is 28.3. The summed E-state index contributed by atoms with van der Waals surface area (Å²) < 4.78 is 0. The van der Waals surface area contributed by atoms with Gasteiger partial charge in [0.15, 0.2) is 0 Å². The minimum Gasteiger partial charge on any atom is -0.373 e. The predicted octanol–water partition coefficient (Wildman–Crippen LogP) is 3.04. The Morgan fingerprint density at radius 1 is 1.17 bits per heavy atom. The van der Waals surface area contributed by atoms with E-state index >= 15 is 0 Å². The Bertz CT molecular complexity index is 843. The van der Waals surface area contributed by atoms with Gasteiger partial charge in [-0.1, -0.05) is 18.9 Å². The summed E-state index contributed by atoms with van der Waals surface area (Å²) in [6, 6.07) is 4.45. The number of piperidine rings is 1. The van der Waals surface area contributed by atoms with Crippen molar-refractivity contribution in [2.24, 2.45) is 5.92 Å². The molecule has 2 N–H and O–H groups in total. The van der Waals surface area contributed by atoms with Crippen LogP contribution >= 0.6 is 0 Å². The molecule has 1 aliphatic heterocycles. The second kappa shape index (κ2) is 9.98. The molecule has 1 saturated carbocycles. The van der Waals surface area contributed by atoms with Gasteiger partial charge in [0.1, 0.15) is 12.1 Å². The second-order valence-electron chi connectivity index (χ2n) is 8.52. The molecule has 1 amide bonds. The van der Waals surface area contributed by atoms with Gasteiger partial charge in [0.05, 0.1) is 11.3 Å². The Kier molecular flexibility index (Phi) is 6.89. The lowest BCUT2D eigenvalue weighted by Crippen LogP contribution is -2.35. The lowest BCUT2D eigenvalue weighted by Gasteiger charge is -2.32. The molecule has 0 spiro atoms. The maximum atomic E-state index is 12.8. The average Bonchev–Trinajstić information content (AvgIpc) is 3.29. The lowest BCUT2D eigenvalue weighted by molar-refractivity contribution is 0.0935. The number of hydrogen-bond donors (Lipinski definition) is 2. The summed E-state index contributed by atoms with van der Waals surface area (Å²) in [6.45, 7) is 3.02. The molecule has 0 atom stereocenters. The van der Waals surface area contributed by atoms with Gasteiger partial charge in [-0.05, 0) is 57.2 Å². The van der Waals surface area contributed by atoms with Crippen LogP contribution in [0.5, 0.6) is 0 Å². The van der Waals surface area contributed by atoms with Crippen molar-refractivity contribution in [2.45, 2.75) is 57.5 Å². The van der Waals surface area contributed by atoms with Crippen LogP contribution < -0.4 is 10.6 Å². The Balaban J connectivity index is 1.32. The van der Waals surface area contributed by atoms with E-state index in [1.165, 1.54) is 18.4 Å². The third-order valence-corrected chi connectivity index (χ3v) is 6.44. The zero-order chi connectivity index (χ0) is 20.8. The molecule has 3 heterocycles. The van der Waals surface area contributed by atoms with E-state index in [1.807, 2.05) is 19.3 Å². The van der Waals surface area contributed by atoms with Gasteiger partial charge in [0, 0.05) is 37.6 Å². The number of nitrogens with one attached hydrogen (secondary N) is 2. The standard InChI is InChI=1S/C23H32N6O/c1-24-22-18(5-4-10-26-22)15-29-11-8-17(9-12-29)13-21-20(14-25-16-27-21)23(30)28-19-6-2-3-7-19/h4-5,10,14,16-17,19H,2-3,6-9,11-13,15H2,1H3,(H,24,26)(H,28,30). The van der Waals surface area contributed by atoms with Gasteiger partial charge in [0.2, 0.25) is 0 Å². The fourth-order valence-electron chi connectivity index (χ4n) is 4.69. The zero-order valence-electron chi connectivity index (χ0n) is 17.8. The largest absolute Gasteiger partial charge is 0.373 e. The van der Waals surface area contributed by atoms with E-state index in [9.17, 15) is 4.79 Å². The van der Waals surface area contributed by atoms with E-state index in [-0.39, 0.29) is 5.91 Å². The third-order valence-electron chi connectivity index (χ3n) is 6.44. The van der Waals surface area contributed by atoms with Crippen molar-refractivity contribution >= 4 is 11.7 Å². The Labute approximate surface area is 178 Å². The quantitative estimate of drug-likeness (QED) is 0.733. The van der Waals surface area contributed by atoms with Gasteiger partial charge in [-0.2, -0.15) is 0 Å². The van der Waals surface area contributed by atoms with E-state index in [0.29, 0.717) is 17.5 Å². The molecule has 7 nitrogen and oxygen atoms in total. The molecule has 0 bridgehead atoms. The van der Waals surface area contributed by atoms with Crippen molar-refractivity contribution in [3.05, 3.63) is 47.7 Å². The van der Waals surface area contributed by atoms with Crippen LogP contribution in [-0.2, 0) is 13.0 Å². The van der Waals surface area contributed by atoms with Gasteiger partial charge in [0.25, 0.3) is 5.91 Å². The Hall–Kier alpha value is -2.54. The summed E-state index contributed by atoms with van der Waals surface area (Å²) >= 11 is 0. The van der Waals surface area contributed by atoms with Crippen LogP contribution in [0.3, 0.4) is 0 Å². The second-order valence-corrected chi connectivity index (χ2v) is 8.52. The maximum Gasteiger partial charge on any atom is 0.254 e. The SMILES string of the molecule is CNc1ncccc1CN1CCC(Cc2ncncc2C(=O)NC2CCCC2)CC1. The first-order valence-corrected chi connectivity index (χ1v) is 11.2. The molecule has 30 heavy (non-hydrogen) atoms. The number of hydrogen-bond acceptors (Lipinski definition) is 6. The van der Waals surface area contributed by atoms with Gasteiger partial charge >= 0.3 is 0 Å². The van der Waals surface area contributed by atoms with Gasteiger partial charge in [-0.3, -0.25) is 9.69 Å². The monoisotopic (exact) mass is 408 g/mol. The molecule has 2 fully saturated rings. The molecule has 2 aromatic rings. The molecular formula is C23H32N6O. The van der Waals surface area contributed by atoms with E-state index in [1.54, 1.807) is 12.5 Å². The highest BCUT2D eigenvalue weighted by molar-refractivity contribution is 5.95. The molecule has 2 aliphatic rings. The fraction of sp³-hybridized carbons (Fsp3) is 0.565. The molecule has 0 unspecified atom stereocenters. The highest BCUT2D eigenvalue weighted by atomic mass is 16.1. The molecule has 1 aliphatic carbocycles. The number of anilines is 1. The van der Waals surface area contributed by atoms with E-state index in [0.717, 1.165) is 63.3 Å². The molecule has 1 saturated heterocycles. The van der Waals surface area contributed by atoms with Gasteiger partial charge in [-0.25, -0.2) is 15.0 Å². The minimum absolute atomic E-state index is 0.00823. The molecule has 0 aromatic carbocycles. The number of carbonyl (C=O) groups is 1. The van der Waals surface area contributed by atoms with E-state index in [2.05, 4.69) is 36.6 Å². The molecule has 7 heteroatoms. The van der Waals surface area contributed by atoms with Crippen molar-refractivity contribution in [3.63, 3.8) is 0 Å². The summed E-state index contributed by atoms with van der Waals surface area (Å²) in [6.07, 6.45) is 12.7. The molecule has 2 aromatic heterocycles. The highest BCUT2D eigenvalue weighted by Gasteiger charge is 2.24. The number of pyridine rings is 1. The number of carbonyl (C=O) groups excluding carboxylic acids is 1. The predicted molar refractivity (Wildman–Crippen MR) is 117 cm³/mol. The topological polar surface area (TPSA) is 83.0 Å². The lowest BCUT2D eigenvalue weighted by atomic mass is 9.90. The summed E-state index contributed by atoms with van der Waals surface area (Å²) in [5, 5.41) is 6.36. The first kappa shape index (κ1) is 20.7. The van der Waals surface area contributed by atoms with Crippen LogP contribution in [0.4, 0.5) is 5.82 Å². The summed E-state index contributed by atoms with van der Waals surface area (Å²) in [5.41, 5.74) is 2.78. The van der Waals surface area contributed by atoms with Crippen molar-refractivity contribution in [2.75, 3.05) is 25.5 Å². The zero-order valence-corrected chi connectivity index (χ0v) is 17.8. The van der Waals surface area contributed by atoms with Gasteiger partial charge < -0.3 is 10.6 Å². The van der Waals surface area contributed by atoms with Crippen molar-refractivity contribution < 1.29 is 4.79 Å². The normalized spacial score (nSPS) is 18.4. The third kappa shape index (κ3) is 5.14. The smallest absolute Gasteiger partial charge is 0.254 e. The van der Waals surface area contributed by atoms with Crippen LogP contribution in [0.1, 0.15) is 60.1 Å². The molecule has 4 rings (SSSR count). The number of aromatic nitrogens is 3. The van der Waals surface area contributed by atoms with Crippen LogP contribution in [0.15, 0.2) is 30.9 Å². The number of rotatable bonds is 7. The molecule has 160 valence electrons. The van der Waals surface area contributed by atoms with Crippen LogP contribution in [0.25, 0.3) is 0 Å². The molecular weight excluding hydrogens is 376 g/mol. The van der Waals surface area contributed by atoms with Crippen LogP contribution in [0.2, 0.25) is 0 Å². The number of likely N-dealkylation sites (tertiary alicyclic amines) is 1. The van der Waals surface area contributed by atoms with Crippen molar-refractivity contribution in [3.8, 4) is 0 Å². The molecule has 0 radical (unpaired) electrons. The van der Waals surface area contributed by atoms with Crippen LogP contribution in [0, 0.1) is 5.92 Å². The highest BCUT2D eigenvalue weighted by Crippen LogP contribution is 2.25. The maximum absolute atomic E-state index is 12.8. The first-order chi connectivity index (χ1) is 14.7. The van der Waals surface area contributed by atoms with Crippen molar-refractivity contribution in [1.29, 1.82) is 0 Å². The van der Waals surface area contributed by atoms with Crippen molar-refractivity contribution in [1.82, 2.24) is 25.2 Å².